The first-order chi connectivity index (χ1) is 9.49. The van der Waals surface area contributed by atoms with Gasteiger partial charge in [-0.2, -0.15) is 0 Å². The van der Waals surface area contributed by atoms with E-state index in [-0.39, 0.29) is 0 Å². The summed E-state index contributed by atoms with van der Waals surface area (Å²) in [5.41, 5.74) is 0. The molecule has 2 rings (SSSR count). The molecule has 2 fully saturated rings. The molecular formula is C14H28N2O3S. The Morgan fingerprint density at radius 1 is 1.20 bits per heavy atom. The van der Waals surface area contributed by atoms with E-state index in [9.17, 15) is 8.42 Å². The molecule has 2 aliphatic rings. The zero-order valence-electron chi connectivity index (χ0n) is 12.7. The molecule has 6 heteroatoms. The van der Waals surface area contributed by atoms with Gasteiger partial charge in [-0.15, -0.1) is 0 Å². The normalized spacial score (nSPS) is 30.5. The van der Waals surface area contributed by atoms with Crippen molar-refractivity contribution in [1.82, 2.24) is 9.62 Å². The maximum atomic E-state index is 11.5. The summed E-state index contributed by atoms with van der Waals surface area (Å²) in [6.45, 7) is 4.35. The number of sulfonamides is 1. The number of hydrogen-bond acceptors (Lipinski definition) is 4. The van der Waals surface area contributed by atoms with Crippen LogP contribution in [0.2, 0.25) is 0 Å². The highest BCUT2D eigenvalue weighted by Gasteiger charge is 2.28. The van der Waals surface area contributed by atoms with Crippen molar-refractivity contribution >= 4 is 10.0 Å². The van der Waals surface area contributed by atoms with Crippen LogP contribution in [0.15, 0.2) is 0 Å². The third kappa shape index (κ3) is 4.69. The second-order valence-corrected chi connectivity index (χ2v) is 8.09. The average Bonchev–Trinajstić information content (AvgIpc) is 2.39. The first-order valence-electron chi connectivity index (χ1n) is 7.81. The van der Waals surface area contributed by atoms with Gasteiger partial charge in [-0.05, 0) is 32.1 Å². The molecule has 0 amide bonds. The van der Waals surface area contributed by atoms with Gasteiger partial charge < -0.3 is 10.1 Å². The Balaban J connectivity index is 1.75. The maximum Gasteiger partial charge on any atom is 0.211 e. The summed E-state index contributed by atoms with van der Waals surface area (Å²) >= 11 is 0. The van der Waals surface area contributed by atoms with E-state index in [4.69, 9.17) is 4.74 Å². The zero-order valence-corrected chi connectivity index (χ0v) is 13.5. The number of piperidine rings is 1. The molecule has 0 saturated carbocycles. The van der Waals surface area contributed by atoms with Crippen LogP contribution < -0.4 is 5.32 Å². The van der Waals surface area contributed by atoms with E-state index >= 15 is 0 Å². The van der Waals surface area contributed by atoms with Crippen LogP contribution in [0.1, 0.15) is 45.4 Å². The number of hydrogen-bond donors (Lipinski definition) is 1. The lowest BCUT2D eigenvalue weighted by Crippen LogP contribution is -2.49. The quantitative estimate of drug-likeness (QED) is 0.833. The third-order valence-electron chi connectivity index (χ3n) is 4.37. The molecule has 2 saturated heterocycles. The Morgan fingerprint density at radius 3 is 2.50 bits per heavy atom. The molecule has 0 spiro atoms. The smallest absolute Gasteiger partial charge is 0.211 e. The van der Waals surface area contributed by atoms with Crippen LogP contribution >= 0.6 is 0 Å². The van der Waals surface area contributed by atoms with Crippen LogP contribution in [0.3, 0.4) is 0 Å². The molecule has 0 aromatic carbocycles. The lowest BCUT2D eigenvalue weighted by Gasteiger charge is -2.36. The van der Waals surface area contributed by atoms with Crippen LogP contribution in [-0.2, 0) is 14.8 Å². The molecule has 2 unspecified atom stereocenters. The average molecular weight is 304 g/mol. The Hall–Kier alpha value is -0.170. The van der Waals surface area contributed by atoms with Crippen molar-refractivity contribution < 1.29 is 13.2 Å². The molecule has 1 N–H and O–H groups in total. The van der Waals surface area contributed by atoms with E-state index in [2.05, 4.69) is 12.2 Å². The van der Waals surface area contributed by atoms with Crippen molar-refractivity contribution in [3.05, 3.63) is 0 Å². The Morgan fingerprint density at radius 2 is 1.90 bits per heavy atom. The number of rotatable bonds is 5. The van der Waals surface area contributed by atoms with Gasteiger partial charge in [0.25, 0.3) is 0 Å². The van der Waals surface area contributed by atoms with Gasteiger partial charge in [0.2, 0.25) is 10.0 Å². The van der Waals surface area contributed by atoms with Gasteiger partial charge >= 0.3 is 0 Å². The van der Waals surface area contributed by atoms with Crippen molar-refractivity contribution in [2.45, 2.75) is 63.6 Å². The van der Waals surface area contributed by atoms with Gasteiger partial charge in [-0.3, -0.25) is 0 Å². The van der Waals surface area contributed by atoms with Crippen molar-refractivity contribution in [3.63, 3.8) is 0 Å². The van der Waals surface area contributed by atoms with Gasteiger partial charge in [0.15, 0.2) is 0 Å². The maximum absolute atomic E-state index is 11.5. The molecule has 0 aromatic heterocycles. The highest BCUT2D eigenvalue weighted by atomic mass is 32.2. The summed E-state index contributed by atoms with van der Waals surface area (Å²) in [5.74, 6) is 0. The molecule has 2 atom stereocenters. The van der Waals surface area contributed by atoms with Gasteiger partial charge in [-0.25, -0.2) is 12.7 Å². The molecule has 118 valence electrons. The van der Waals surface area contributed by atoms with Gasteiger partial charge in [0.05, 0.1) is 12.4 Å². The minimum Gasteiger partial charge on any atom is -0.378 e. The monoisotopic (exact) mass is 304 g/mol. The highest BCUT2D eigenvalue weighted by Crippen LogP contribution is 2.20. The number of ether oxygens (including phenoxy) is 1. The fraction of sp³-hybridized carbons (Fsp3) is 1.00. The van der Waals surface area contributed by atoms with Crippen LogP contribution in [-0.4, -0.2) is 56.9 Å². The van der Waals surface area contributed by atoms with Gasteiger partial charge in [0.1, 0.15) is 0 Å². The summed E-state index contributed by atoms with van der Waals surface area (Å²) in [7, 11) is -3.01. The summed E-state index contributed by atoms with van der Waals surface area (Å²) in [4.78, 5) is 0. The fourth-order valence-electron chi connectivity index (χ4n) is 3.24. The van der Waals surface area contributed by atoms with E-state index in [1.165, 1.54) is 12.7 Å². The molecule has 20 heavy (non-hydrogen) atoms. The fourth-order valence-corrected chi connectivity index (χ4v) is 4.12. The third-order valence-corrected chi connectivity index (χ3v) is 5.68. The standard InChI is InChI=1S/C14H28N2O3S/c1-3-4-14-11-13(7-10-19-14)15-12-5-8-16(9-6-12)20(2,17)18/h12-15H,3-11H2,1-2H3. The minimum absolute atomic E-state index is 0.405. The van der Waals surface area contributed by atoms with Crippen LogP contribution in [0.25, 0.3) is 0 Å². The first-order valence-corrected chi connectivity index (χ1v) is 9.66. The van der Waals surface area contributed by atoms with E-state index in [0.29, 0.717) is 31.3 Å². The Kier molecular flexibility index (Phi) is 5.84. The molecule has 0 aliphatic carbocycles. The van der Waals surface area contributed by atoms with Crippen molar-refractivity contribution in [2.75, 3.05) is 26.0 Å². The van der Waals surface area contributed by atoms with Gasteiger partial charge in [0, 0.05) is 31.8 Å². The van der Waals surface area contributed by atoms with E-state index in [0.717, 1.165) is 38.7 Å². The minimum atomic E-state index is -3.01. The van der Waals surface area contributed by atoms with Crippen LogP contribution in [0, 0.1) is 0 Å². The molecule has 0 bridgehead atoms. The van der Waals surface area contributed by atoms with Crippen molar-refractivity contribution in [2.24, 2.45) is 0 Å². The summed E-state index contributed by atoms with van der Waals surface area (Å²) < 4.78 is 30.3. The number of nitrogens with zero attached hydrogens (tertiary/aromatic N) is 1. The summed E-state index contributed by atoms with van der Waals surface area (Å²) in [5, 5.41) is 3.72. The highest BCUT2D eigenvalue weighted by molar-refractivity contribution is 7.88. The van der Waals surface area contributed by atoms with Crippen molar-refractivity contribution in [1.29, 1.82) is 0 Å². The molecule has 0 radical (unpaired) electrons. The molecule has 2 aliphatic heterocycles. The molecule has 5 nitrogen and oxygen atoms in total. The SMILES string of the molecule is CCCC1CC(NC2CCN(S(C)(=O)=O)CC2)CCO1. The molecular weight excluding hydrogens is 276 g/mol. The van der Waals surface area contributed by atoms with E-state index in [1.807, 2.05) is 0 Å². The lowest BCUT2D eigenvalue weighted by molar-refractivity contribution is -0.00594. The first kappa shape index (κ1) is 16.2. The largest absolute Gasteiger partial charge is 0.378 e. The second-order valence-electron chi connectivity index (χ2n) is 6.11. The number of nitrogens with one attached hydrogen (secondary N) is 1. The van der Waals surface area contributed by atoms with E-state index < -0.39 is 10.0 Å². The topological polar surface area (TPSA) is 58.6 Å². The summed E-state index contributed by atoms with van der Waals surface area (Å²) in [6.07, 6.45) is 8.03. The van der Waals surface area contributed by atoms with Crippen molar-refractivity contribution in [3.8, 4) is 0 Å². The predicted molar refractivity (Wildman–Crippen MR) is 80.2 cm³/mol. The Bertz CT molecular complexity index is 389. The molecule has 2 heterocycles. The predicted octanol–water partition coefficient (Wildman–Crippen LogP) is 1.35. The van der Waals surface area contributed by atoms with Gasteiger partial charge in [-0.1, -0.05) is 13.3 Å². The molecule has 0 aromatic rings. The Labute approximate surface area is 123 Å². The second kappa shape index (κ2) is 7.20. The lowest BCUT2D eigenvalue weighted by atomic mass is 9.97. The van der Waals surface area contributed by atoms with Crippen LogP contribution in [0.4, 0.5) is 0 Å². The zero-order chi connectivity index (χ0) is 14.6. The van der Waals surface area contributed by atoms with Crippen LogP contribution in [0.5, 0.6) is 0 Å². The van der Waals surface area contributed by atoms with E-state index in [1.54, 1.807) is 4.31 Å². The summed E-state index contributed by atoms with van der Waals surface area (Å²) in [6, 6.07) is 0.994.